The van der Waals surface area contributed by atoms with E-state index in [0.717, 1.165) is 0 Å². The second-order valence-electron chi connectivity index (χ2n) is 4.37. The van der Waals surface area contributed by atoms with E-state index in [9.17, 15) is 9.59 Å². The fourth-order valence-corrected chi connectivity index (χ4v) is 2.32. The molecule has 0 saturated carbocycles. The van der Waals surface area contributed by atoms with E-state index in [2.05, 4.69) is 21.2 Å². The molecule has 4 nitrogen and oxygen atoms in total. The fraction of sp³-hybridized carbons (Fsp3) is 0.0667. The molecule has 0 aliphatic carbocycles. The van der Waals surface area contributed by atoms with Crippen LogP contribution in [-0.4, -0.2) is 17.0 Å². The topological polar surface area (TPSA) is 66.4 Å². The summed E-state index contributed by atoms with van der Waals surface area (Å²) in [5.41, 5.74) is 1.59. The number of benzene rings is 2. The van der Waals surface area contributed by atoms with Gasteiger partial charge in [-0.15, -0.1) is 0 Å². The Morgan fingerprint density at radius 2 is 1.95 bits per heavy atom. The lowest BCUT2D eigenvalue weighted by Crippen LogP contribution is -2.14. The summed E-state index contributed by atoms with van der Waals surface area (Å²) >= 11 is 9.27. The molecule has 6 heteroatoms. The van der Waals surface area contributed by atoms with E-state index in [1.54, 1.807) is 31.2 Å². The van der Waals surface area contributed by atoms with Crippen LogP contribution in [0.5, 0.6) is 0 Å². The van der Waals surface area contributed by atoms with Gasteiger partial charge >= 0.3 is 5.97 Å². The molecule has 21 heavy (non-hydrogen) atoms. The summed E-state index contributed by atoms with van der Waals surface area (Å²) in [7, 11) is 0. The monoisotopic (exact) mass is 367 g/mol. The Balaban J connectivity index is 2.33. The summed E-state index contributed by atoms with van der Waals surface area (Å²) in [5.74, 6) is -1.41. The van der Waals surface area contributed by atoms with Crippen molar-refractivity contribution in [2.45, 2.75) is 6.92 Å². The van der Waals surface area contributed by atoms with Crippen LogP contribution in [-0.2, 0) is 0 Å². The van der Waals surface area contributed by atoms with Gasteiger partial charge in [-0.1, -0.05) is 17.7 Å². The highest BCUT2D eigenvalue weighted by atomic mass is 79.9. The second-order valence-corrected chi connectivity index (χ2v) is 5.63. The molecule has 0 fully saturated rings. The van der Waals surface area contributed by atoms with Crippen LogP contribution >= 0.6 is 27.5 Å². The van der Waals surface area contributed by atoms with Crippen molar-refractivity contribution in [2.75, 3.05) is 5.32 Å². The first-order chi connectivity index (χ1) is 9.90. The molecule has 108 valence electrons. The highest BCUT2D eigenvalue weighted by Gasteiger charge is 2.14. The largest absolute Gasteiger partial charge is 0.478 e. The van der Waals surface area contributed by atoms with Crippen molar-refractivity contribution < 1.29 is 14.7 Å². The van der Waals surface area contributed by atoms with E-state index >= 15 is 0 Å². The maximum absolute atomic E-state index is 12.3. The van der Waals surface area contributed by atoms with Crippen LogP contribution in [0.4, 0.5) is 5.69 Å². The number of hydrogen-bond donors (Lipinski definition) is 2. The predicted octanol–water partition coefficient (Wildman–Crippen LogP) is 4.36. The molecular weight excluding hydrogens is 358 g/mol. The van der Waals surface area contributed by atoms with Crippen LogP contribution < -0.4 is 5.32 Å². The van der Waals surface area contributed by atoms with Gasteiger partial charge in [-0.05, 0) is 58.7 Å². The normalized spacial score (nSPS) is 10.2. The molecule has 0 atom stereocenters. The molecule has 0 heterocycles. The van der Waals surface area contributed by atoms with E-state index in [4.69, 9.17) is 16.7 Å². The number of halogens is 2. The zero-order valence-corrected chi connectivity index (χ0v) is 13.3. The molecular formula is C15H11BrClNO3. The fourth-order valence-electron chi connectivity index (χ4n) is 1.80. The number of carbonyl (C=O) groups is 2. The minimum absolute atomic E-state index is 0.0938. The Hall–Kier alpha value is -1.85. The van der Waals surface area contributed by atoms with Crippen molar-refractivity contribution >= 4 is 45.1 Å². The lowest BCUT2D eigenvalue weighted by atomic mass is 10.1. The maximum atomic E-state index is 12.3. The molecule has 0 spiro atoms. The molecule has 1 amide bonds. The number of rotatable bonds is 3. The van der Waals surface area contributed by atoms with Crippen LogP contribution in [0.25, 0.3) is 0 Å². The quantitative estimate of drug-likeness (QED) is 0.846. The van der Waals surface area contributed by atoms with Crippen molar-refractivity contribution in [3.05, 3.63) is 62.6 Å². The first kappa shape index (κ1) is 15.5. The van der Waals surface area contributed by atoms with Crippen molar-refractivity contribution in [1.29, 1.82) is 0 Å². The molecule has 2 aromatic carbocycles. The highest BCUT2D eigenvalue weighted by Crippen LogP contribution is 2.25. The smallest absolute Gasteiger partial charge is 0.335 e. The maximum Gasteiger partial charge on any atom is 0.335 e. The lowest BCUT2D eigenvalue weighted by molar-refractivity contribution is 0.0696. The van der Waals surface area contributed by atoms with Crippen LogP contribution in [0.3, 0.4) is 0 Å². The van der Waals surface area contributed by atoms with Gasteiger partial charge in [-0.3, -0.25) is 4.79 Å². The van der Waals surface area contributed by atoms with Gasteiger partial charge in [0.15, 0.2) is 0 Å². The summed E-state index contributed by atoms with van der Waals surface area (Å²) in [5, 5.41) is 12.2. The van der Waals surface area contributed by atoms with Gasteiger partial charge in [0.2, 0.25) is 0 Å². The Labute approximate surface area is 134 Å². The molecule has 0 aromatic heterocycles. The zero-order valence-electron chi connectivity index (χ0n) is 11.0. The minimum Gasteiger partial charge on any atom is -0.478 e. The average molecular weight is 369 g/mol. The summed E-state index contributed by atoms with van der Waals surface area (Å²) in [6.45, 7) is 1.75. The number of nitrogens with one attached hydrogen (secondary N) is 1. The second kappa shape index (κ2) is 6.28. The molecule has 2 aromatic rings. The predicted molar refractivity (Wildman–Crippen MR) is 85.2 cm³/mol. The van der Waals surface area contributed by atoms with E-state index < -0.39 is 5.97 Å². The Bertz CT molecular complexity index is 731. The molecule has 0 aliphatic rings. The Kier molecular flexibility index (Phi) is 4.65. The molecule has 0 unspecified atom stereocenters. The molecule has 0 bridgehead atoms. The van der Waals surface area contributed by atoms with Crippen LogP contribution in [0, 0.1) is 6.92 Å². The first-order valence-corrected chi connectivity index (χ1v) is 7.16. The SMILES string of the molecule is Cc1c(Cl)cccc1C(=O)Nc1cc(C(=O)O)ccc1Br. The molecule has 0 saturated heterocycles. The number of carbonyl (C=O) groups excluding carboxylic acids is 1. The average Bonchev–Trinajstić information content (AvgIpc) is 2.43. The summed E-state index contributed by atoms with van der Waals surface area (Å²) in [6.07, 6.45) is 0. The van der Waals surface area contributed by atoms with Crippen molar-refractivity contribution in [2.24, 2.45) is 0 Å². The number of carboxylic acid groups (broad SMARTS) is 1. The first-order valence-electron chi connectivity index (χ1n) is 5.99. The Morgan fingerprint density at radius 3 is 2.62 bits per heavy atom. The minimum atomic E-state index is -1.06. The van der Waals surface area contributed by atoms with Crippen molar-refractivity contribution in [1.82, 2.24) is 0 Å². The third-order valence-corrected chi connectivity index (χ3v) is 4.07. The highest BCUT2D eigenvalue weighted by molar-refractivity contribution is 9.10. The zero-order chi connectivity index (χ0) is 15.6. The molecule has 2 N–H and O–H groups in total. The van der Waals surface area contributed by atoms with E-state index in [1.807, 2.05) is 0 Å². The molecule has 0 radical (unpaired) electrons. The van der Waals surface area contributed by atoms with Crippen molar-refractivity contribution in [3.8, 4) is 0 Å². The summed E-state index contributed by atoms with van der Waals surface area (Å²) in [6, 6.07) is 9.47. The van der Waals surface area contributed by atoms with Gasteiger partial charge in [0.25, 0.3) is 5.91 Å². The number of amides is 1. The van der Waals surface area contributed by atoms with Gasteiger partial charge in [0.1, 0.15) is 0 Å². The Morgan fingerprint density at radius 1 is 1.24 bits per heavy atom. The third kappa shape index (κ3) is 3.43. The molecule has 0 aliphatic heterocycles. The van der Waals surface area contributed by atoms with Gasteiger partial charge < -0.3 is 10.4 Å². The van der Waals surface area contributed by atoms with Crippen LogP contribution in [0.1, 0.15) is 26.3 Å². The lowest BCUT2D eigenvalue weighted by Gasteiger charge is -2.10. The van der Waals surface area contributed by atoms with Crippen LogP contribution in [0.2, 0.25) is 5.02 Å². The molecule has 2 rings (SSSR count). The van der Waals surface area contributed by atoms with Gasteiger partial charge in [-0.25, -0.2) is 4.79 Å². The number of hydrogen-bond acceptors (Lipinski definition) is 2. The standard InChI is InChI=1S/C15H11BrClNO3/c1-8-10(3-2-4-12(8)17)14(19)18-13-7-9(15(20)21)5-6-11(13)16/h2-7H,1H3,(H,18,19)(H,20,21). The van der Waals surface area contributed by atoms with Crippen molar-refractivity contribution in [3.63, 3.8) is 0 Å². The van der Waals surface area contributed by atoms with E-state index in [-0.39, 0.29) is 11.5 Å². The number of aromatic carboxylic acids is 1. The summed E-state index contributed by atoms with van der Waals surface area (Å²) < 4.78 is 0.598. The number of anilines is 1. The van der Waals surface area contributed by atoms with Crippen LogP contribution in [0.15, 0.2) is 40.9 Å². The van der Waals surface area contributed by atoms with Gasteiger partial charge in [0.05, 0.1) is 11.3 Å². The number of carboxylic acids is 1. The van der Waals surface area contributed by atoms with Gasteiger partial charge in [0, 0.05) is 15.1 Å². The summed E-state index contributed by atoms with van der Waals surface area (Å²) in [4.78, 5) is 23.3. The van der Waals surface area contributed by atoms with Gasteiger partial charge in [-0.2, -0.15) is 0 Å². The van der Waals surface area contributed by atoms with E-state index in [0.29, 0.717) is 26.3 Å². The third-order valence-electron chi connectivity index (χ3n) is 2.97. The van der Waals surface area contributed by atoms with E-state index in [1.165, 1.54) is 12.1 Å².